The molecule has 3 N–H and O–H groups in total. The molecular weight excluding hydrogens is 328 g/mol. The first-order valence-corrected chi connectivity index (χ1v) is 8.69. The molecule has 1 fully saturated rings. The molecule has 0 amide bonds. The summed E-state index contributed by atoms with van der Waals surface area (Å²) in [6, 6.07) is 4.00. The van der Waals surface area contributed by atoms with Crippen LogP contribution in [0, 0.1) is 0 Å². The van der Waals surface area contributed by atoms with Crippen molar-refractivity contribution in [2.24, 2.45) is 0 Å². The number of hydrogen-bond acceptors (Lipinski definition) is 6. The summed E-state index contributed by atoms with van der Waals surface area (Å²) < 4.78 is 1.33. The predicted molar refractivity (Wildman–Crippen MR) is 93.7 cm³/mol. The highest BCUT2D eigenvalue weighted by Crippen LogP contribution is 2.35. The first-order chi connectivity index (χ1) is 11.4. The van der Waals surface area contributed by atoms with Crippen molar-refractivity contribution >= 4 is 22.9 Å². The van der Waals surface area contributed by atoms with Gasteiger partial charge in [-0.15, -0.1) is 11.3 Å². The Hall–Kier alpha value is -2.19. The molecule has 1 saturated carbocycles. The summed E-state index contributed by atoms with van der Waals surface area (Å²) in [6.07, 6.45) is 1.66. The molecule has 2 heterocycles. The molecule has 24 heavy (non-hydrogen) atoms. The Balaban J connectivity index is 1.86. The molecule has 0 radical (unpaired) electrons. The molecule has 1 aliphatic rings. The molecule has 0 bridgehead atoms. The van der Waals surface area contributed by atoms with Crippen LogP contribution in [0.1, 0.15) is 47.1 Å². The first kappa shape index (κ1) is 16.7. The van der Waals surface area contributed by atoms with E-state index >= 15 is 0 Å². The van der Waals surface area contributed by atoms with Crippen molar-refractivity contribution in [3.8, 4) is 0 Å². The quantitative estimate of drug-likeness (QED) is 0.768. The van der Waals surface area contributed by atoms with E-state index < -0.39 is 11.2 Å². The van der Waals surface area contributed by atoms with Crippen molar-refractivity contribution in [3.63, 3.8) is 0 Å². The zero-order chi connectivity index (χ0) is 17.4. The zero-order valence-electron chi connectivity index (χ0n) is 13.6. The number of rotatable bonds is 6. The second kappa shape index (κ2) is 6.37. The smallest absolute Gasteiger partial charge is 0.330 e. The van der Waals surface area contributed by atoms with E-state index in [1.807, 2.05) is 36.4 Å². The standard InChI is InChI=1S/C16H20N4O3S/c1-9(12-4-3-7-24-12)19(2)8-11(21)13-14(17)20(10-5-6-10)16(23)18-15(13)22/h3-4,7,9-10H,5-6,8,17H2,1-2H3,(H,18,22,23)/t9-/m0/s1. The summed E-state index contributed by atoms with van der Waals surface area (Å²) >= 11 is 1.61. The topological polar surface area (TPSA) is 101 Å². The van der Waals surface area contributed by atoms with Gasteiger partial charge in [-0.05, 0) is 38.3 Å². The molecule has 1 atom stereocenters. The van der Waals surface area contributed by atoms with E-state index in [1.54, 1.807) is 11.3 Å². The molecule has 0 saturated heterocycles. The molecule has 128 valence electrons. The van der Waals surface area contributed by atoms with E-state index in [9.17, 15) is 14.4 Å². The summed E-state index contributed by atoms with van der Waals surface area (Å²) in [5, 5.41) is 1.98. The number of nitrogens with one attached hydrogen (secondary N) is 1. The zero-order valence-corrected chi connectivity index (χ0v) is 14.4. The summed E-state index contributed by atoms with van der Waals surface area (Å²) in [7, 11) is 1.82. The number of nitrogens with two attached hydrogens (primary N) is 1. The number of ketones is 1. The highest BCUT2D eigenvalue weighted by molar-refractivity contribution is 7.10. The van der Waals surface area contributed by atoms with Crippen LogP contribution in [0.5, 0.6) is 0 Å². The van der Waals surface area contributed by atoms with Crippen molar-refractivity contribution in [1.29, 1.82) is 0 Å². The van der Waals surface area contributed by atoms with Crippen LogP contribution >= 0.6 is 11.3 Å². The number of aromatic amines is 1. The number of hydrogen-bond donors (Lipinski definition) is 2. The van der Waals surface area contributed by atoms with Crippen molar-refractivity contribution in [2.45, 2.75) is 31.8 Å². The van der Waals surface area contributed by atoms with Gasteiger partial charge in [0, 0.05) is 17.0 Å². The lowest BCUT2D eigenvalue weighted by Gasteiger charge is -2.23. The Morgan fingerprint density at radius 1 is 1.50 bits per heavy atom. The van der Waals surface area contributed by atoms with E-state index in [2.05, 4.69) is 4.98 Å². The maximum Gasteiger partial charge on any atom is 0.330 e. The van der Waals surface area contributed by atoms with E-state index in [4.69, 9.17) is 5.73 Å². The molecule has 1 aliphatic carbocycles. The molecule has 2 aromatic heterocycles. The summed E-state index contributed by atoms with van der Waals surface area (Å²) in [5.74, 6) is -0.400. The lowest BCUT2D eigenvalue weighted by molar-refractivity contribution is 0.0924. The molecule has 3 rings (SSSR count). The van der Waals surface area contributed by atoms with Crippen LogP contribution in [0.3, 0.4) is 0 Å². The van der Waals surface area contributed by atoms with Gasteiger partial charge in [0.05, 0.1) is 6.54 Å². The lowest BCUT2D eigenvalue weighted by Crippen LogP contribution is -2.38. The van der Waals surface area contributed by atoms with Crippen LogP contribution in [0.2, 0.25) is 0 Å². The van der Waals surface area contributed by atoms with Gasteiger partial charge >= 0.3 is 5.69 Å². The van der Waals surface area contributed by atoms with Gasteiger partial charge in [-0.2, -0.15) is 0 Å². The van der Waals surface area contributed by atoms with E-state index in [-0.39, 0.29) is 35.8 Å². The summed E-state index contributed by atoms with van der Waals surface area (Å²) in [5.41, 5.74) is 4.60. The predicted octanol–water partition coefficient (Wildman–Crippen LogP) is 1.39. The minimum atomic E-state index is -0.712. The number of aromatic nitrogens is 2. The number of H-pyrrole nitrogens is 1. The SMILES string of the molecule is C[C@@H](c1cccs1)N(C)CC(=O)c1c(N)n(C2CC2)c(=O)[nH]c1=O. The average molecular weight is 348 g/mol. The number of Topliss-reactive ketones (excluding diaryl/α,β-unsaturated/α-hetero) is 1. The molecule has 0 aromatic carbocycles. The number of carbonyl (C=O) groups excluding carboxylic acids is 1. The highest BCUT2D eigenvalue weighted by Gasteiger charge is 2.30. The molecule has 7 nitrogen and oxygen atoms in total. The Morgan fingerprint density at radius 2 is 2.21 bits per heavy atom. The largest absolute Gasteiger partial charge is 0.384 e. The van der Waals surface area contributed by atoms with Gasteiger partial charge in [0.2, 0.25) is 0 Å². The molecule has 8 heteroatoms. The maximum atomic E-state index is 12.6. The molecule has 0 aliphatic heterocycles. The number of anilines is 1. The Bertz CT molecular complexity index is 864. The van der Waals surface area contributed by atoms with E-state index in [1.165, 1.54) is 4.57 Å². The maximum absolute atomic E-state index is 12.6. The molecular formula is C16H20N4O3S. The molecule has 0 spiro atoms. The van der Waals surface area contributed by atoms with Crippen molar-refractivity contribution in [2.75, 3.05) is 19.3 Å². The lowest BCUT2D eigenvalue weighted by atomic mass is 10.1. The number of nitrogens with zero attached hydrogens (tertiary/aromatic N) is 2. The highest BCUT2D eigenvalue weighted by atomic mass is 32.1. The van der Waals surface area contributed by atoms with Gasteiger partial charge in [-0.25, -0.2) is 4.79 Å². The normalized spacial score (nSPS) is 15.6. The van der Waals surface area contributed by atoms with E-state index in [0.29, 0.717) is 0 Å². The third kappa shape index (κ3) is 3.07. The van der Waals surface area contributed by atoms with Gasteiger partial charge in [-0.1, -0.05) is 6.07 Å². The van der Waals surface area contributed by atoms with Crippen molar-refractivity contribution < 1.29 is 4.79 Å². The van der Waals surface area contributed by atoms with Crippen LogP contribution in [-0.2, 0) is 0 Å². The number of thiophene rings is 1. The van der Waals surface area contributed by atoms with Gasteiger partial charge in [-0.3, -0.25) is 24.0 Å². The van der Waals surface area contributed by atoms with E-state index in [0.717, 1.165) is 17.7 Å². The summed E-state index contributed by atoms with van der Waals surface area (Å²) in [6.45, 7) is 2.05. The number of likely N-dealkylation sites (N-methyl/N-ethyl adjacent to an activating group) is 1. The first-order valence-electron chi connectivity index (χ1n) is 7.81. The van der Waals surface area contributed by atoms with Crippen molar-refractivity contribution in [3.05, 3.63) is 48.8 Å². The Labute approximate surface area is 142 Å². The van der Waals surface area contributed by atoms with Gasteiger partial charge < -0.3 is 5.73 Å². The van der Waals surface area contributed by atoms with Crippen LogP contribution in [0.15, 0.2) is 27.1 Å². The second-order valence-corrected chi connectivity index (χ2v) is 7.13. The van der Waals surface area contributed by atoms with Crippen LogP contribution < -0.4 is 17.0 Å². The minimum absolute atomic E-state index is 0.0105. The Kier molecular flexibility index (Phi) is 4.42. The number of carbonyl (C=O) groups is 1. The molecule has 0 unspecified atom stereocenters. The third-order valence-electron chi connectivity index (χ3n) is 4.38. The van der Waals surface area contributed by atoms with Crippen LogP contribution in [0.25, 0.3) is 0 Å². The minimum Gasteiger partial charge on any atom is -0.384 e. The fraction of sp³-hybridized carbons (Fsp3) is 0.438. The Morgan fingerprint density at radius 3 is 2.79 bits per heavy atom. The van der Waals surface area contributed by atoms with Crippen molar-refractivity contribution in [1.82, 2.24) is 14.5 Å². The monoisotopic (exact) mass is 348 g/mol. The second-order valence-electron chi connectivity index (χ2n) is 6.15. The van der Waals surface area contributed by atoms with Gasteiger partial charge in [0.1, 0.15) is 11.4 Å². The van der Waals surface area contributed by atoms with Gasteiger partial charge in [0.15, 0.2) is 5.78 Å². The average Bonchev–Trinajstić information content (AvgIpc) is 3.18. The fourth-order valence-corrected chi connectivity index (χ4v) is 3.57. The van der Waals surface area contributed by atoms with Crippen LogP contribution in [0.4, 0.5) is 5.82 Å². The third-order valence-corrected chi connectivity index (χ3v) is 5.42. The van der Waals surface area contributed by atoms with Gasteiger partial charge in [0.25, 0.3) is 5.56 Å². The fourth-order valence-electron chi connectivity index (χ4n) is 2.72. The number of nitrogen functional groups attached to an aromatic ring is 1. The summed E-state index contributed by atoms with van der Waals surface area (Å²) in [4.78, 5) is 41.8. The molecule has 2 aromatic rings. The van der Waals surface area contributed by atoms with Crippen LogP contribution in [-0.4, -0.2) is 33.8 Å².